The van der Waals surface area contributed by atoms with Crippen molar-refractivity contribution in [2.75, 3.05) is 0 Å². The van der Waals surface area contributed by atoms with E-state index in [9.17, 15) is 5.11 Å². The van der Waals surface area contributed by atoms with E-state index in [0.29, 0.717) is 22.9 Å². The molecule has 0 aliphatic carbocycles. The van der Waals surface area contributed by atoms with Gasteiger partial charge in [-0.15, -0.1) is 0 Å². The normalized spacial score (nSPS) is 12.2. The van der Waals surface area contributed by atoms with Crippen molar-refractivity contribution in [1.82, 2.24) is 0 Å². The van der Waals surface area contributed by atoms with Crippen LogP contribution in [0.5, 0.6) is 11.5 Å². The summed E-state index contributed by atoms with van der Waals surface area (Å²) >= 11 is 9.44. The Hall–Kier alpha value is -1.03. The van der Waals surface area contributed by atoms with Gasteiger partial charge in [0.05, 0.1) is 11.1 Å². The first-order valence-corrected chi connectivity index (χ1v) is 7.18. The Bertz CT molecular complexity index is 555. The molecule has 0 amide bonds. The molecule has 2 aromatic rings. The van der Waals surface area contributed by atoms with Crippen LogP contribution < -0.4 is 4.74 Å². The zero-order valence-electron chi connectivity index (χ0n) is 10.4. The van der Waals surface area contributed by atoms with E-state index in [-0.39, 0.29) is 0 Å². The SMILES string of the molecule is CC[C@@H](O)c1ccc(Oc2cc(Br)ccc2Cl)cc1. The summed E-state index contributed by atoms with van der Waals surface area (Å²) in [5.74, 6) is 1.28. The number of hydrogen-bond acceptors (Lipinski definition) is 2. The Labute approximate surface area is 126 Å². The molecule has 1 atom stereocenters. The van der Waals surface area contributed by atoms with Crippen LogP contribution in [0.25, 0.3) is 0 Å². The van der Waals surface area contributed by atoms with Gasteiger partial charge in [-0.3, -0.25) is 0 Å². The number of halogens is 2. The predicted octanol–water partition coefficient (Wildman–Crippen LogP) is 5.34. The quantitative estimate of drug-likeness (QED) is 0.813. The molecule has 0 saturated heterocycles. The first-order chi connectivity index (χ1) is 9.10. The van der Waals surface area contributed by atoms with Crippen molar-refractivity contribution < 1.29 is 9.84 Å². The van der Waals surface area contributed by atoms with Gasteiger partial charge in [0.15, 0.2) is 0 Å². The van der Waals surface area contributed by atoms with Crippen molar-refractivity contribution in [2.45, 2.75) is 19.4 Å². The molecule has 0 spiro atoms. The molecule has 0 aromatic heterocycles. The van der Waals surface area contributed by atoms with Gasteiger partial charge in [-0.1, -0.05) is 46.6 Å². The average molecular weight is 342 g/mol. The molecule has 0 aliphatic rings. The molecule has 2 rings (SSSR count). The molecule has 19 heavy (non-hydrogen) atoms. The number of hydrogen-bond donors (Lipinski definition) is 1. The van der Waals surface area contributed by atoms with Crippen LogP contribution in [-0.2, 0) is 0 Å². The summed E-state index contributed by atoms with van der Waals surface area (Å²) < 4.78 is 6.62. The van der Waals surface area contributed by atoms with Gasteiger partial charge in [-0.25, -0.2) is 0 Å². The van der Waals surface area contributed by atoms with Gasteiger partial charge in [0.1, 0.15) is 11.5 Å². The second-order valence-corrected chi connectivity index (χ2v) is 5.49. The Morgan fingerprint density at radius 3 is 2.53 bits per heavy atom. The average Bonchev–Trinajstić information content (AvgIpc) is 2.43. The van der Waals surface area contributed by atoms with E-state index in [1.54, 1.807) is 6.07 Å². The van der Waals surface area contributed by atoms with E-state index in [0.717, 1.165) is 10.0 Å². The number of aliphatic hydroxyl groups excluding tert-OH is 1. The largest absolute Gasteiger partial charge is 0.456 e. The van der Waals surface area contributed by atoms with Crippen molar-refractivity contribution in [3.05, 3.63) is 57.5 Å². The van der Waals surface area contributed by atoms with E-state index in [1.807, 2.05) is 43.3 Å². The van der Waals surface area contributed by atoms with E-state index in [2.05, 4.69) is 15.9 Å². The van der Waals surface area contributed by atoms with Gasteiger partial charge in [-0.2, -0.15) is 0 Å². The number of ether oxygens (including phenoxy) is 1. The molecule has 4 heteroatoms. The topological polar surface area (TPSA) is 29.5 Å². The molecule has 1 N–H and O–H groups in total. The first-order valence-electron chi connectivity index (χ1n) is 6.01. The molecule has 0 fully saturated rings. The lowest BCUT2D eigenvalue weighted by Gasteiger charge is -2.11. The van der Waals surface area contributed by atoms with E-state index >= 15 is 0 Å². The molecule has 2 aromatic carbocycles. The Kier molecular flexibility index (Phi) is 4.86. The molecular weight excluding hydrogens is 328 g/mol. The second-order valence-electron chi connectivity index (χ2n) is 4.17. The van der Waals surface area contributed by atoms with Crippen molar-refractivity contribution in [2.24, 2.45) is 0 Å². The third-order valence-corrected chi connectivity index (χ3v) is 3.58. The fourth-order valence-corrected chi connectivity index (χ4v) is 2.17. The van der Waals surface area contributed by atoms with Gasteiger partial charge < -0.3 is 9.84 Å². The van der Waals surface area contributed by atoms with Gasteiger partial charge >= 0.3 is 0 Å². The van der Waals surface area contributed by atoms with Crippen molar-refractivity contribution >= 4 is 27.5 Å². The fraction of sp³-hybridized carbons (Fsp3) is 0.200. The summed E-state index contributed by atoms with van der Waals surface area (Å²) in [6.07, 6.45) is 0.265. The number of aliphatic hydroxyl groups is 1. The van der Waals surface area contributed by atoms with Crippen molar-refractivity contribution in [3.63, 3.8) is 0 Å². The molecule has 2 nitrogen and oxygen atoms in total. The number of rotatable bonds is 4. The summed E-state index contributed by atoms with van der Waals surface area (Å²) in [4.78, 5) is 0. The maximum Gasteiger partial charge on any atom is 0.147 e. The smallest absolute Gasteiger partial charge is 0.147 e. The van der Waals surface area contributed by atoms with Crippen molar-refractivity contribution in [1.29, 1.82) is 0 Å². The van der Waals surface area contributed by atoms with Crippen LogP contribution in [0.2, 0.25) is 5.02 Å². The van der Waals surface area contributed by atoms with Crippen LogP contribution in [0.4, 0.5) is 0 Å². The minimum Gasteiger partial charge on any atom is -0.456 e. The molecule has 0 aliphatic heterocycles. The van der Waals surface area contributed by atoms with Crippen molar-refractivity contribution in [3.8, 4) is 11.5 Å². The third kappa shape index (κ3) is 3.72. The monoisotopic (exact) mass is 340 g/mol. The fourth-order valence-electron chi connectivity index (χ4n) is 1.68. The summed E-state index contributed by atoms with van der Waals surface area (Å²) in [5.41, 5.74) is 0.884. The van der Waals surface area contributed by atoms with E-state index in [4.69, 9.17) is 16.3 Å². The highest BCUT2D eigenvalue weighted by atomic mass is 79.9. The van der Waals surface area contributed by atoms with Gasteiger partial charge in [0, 0.05) is 4.47 Å². The Balaban J connectivity index is 2.17. The summed E-state index contributed by atoms with van der Waals surface area (Å²) in [5, 5.41) is 10.3. The van der Waals surface area contributed by atoms with Crippen LogP contribution in [0, 0.1) is 0 Å². The summed E-state index contributed by atoms with van der Waals surface area (Å²) in [7, 11) is 0. The van der Waals surface area contributed by atoms with E-state index in [1.165, 1.54) is 0 Å². The maximum absolute atomic E-state index is 9.72. The predicted molar refractivity (Wildman–Crippen MR) is 80.9 cm³/mol. The zero-order valence-corrected chi connectivity index (χ0v) is 12.8. The molecular formula is C15H14BrClO2. The Morgan fingerprint density at radius 1 is 1.21 bits per heavy atom. The summed E-state index contributed by atoms with van der Waals surface area (Å²) in [6, 6.07) is 12.8. The lowest BCUT2D eigenvalue weighted by molar-refractivity contribution is 0.173. The highest BCUT2D eigenvalue weighted by molar-refractivity contribution is 9.10. The lowest BCUT2D eigenvalue weighted by Crippen LogP contribution is -1.94. The van der Waals surface area contributed by atoms with Crippen LogP contribution in [0.15, 0.2) is 46.9 Å². The first kappa shape index (κ1) is 14.4. The number of benzene rings is 2. The van der Waals surface area contributed by atoms with Gasteiger partial charge in [0.25, 0.3) is 0 Å². The van der Waals surface area contributed by atoms with E-state index < -0.39 is 6.10 Å². The van der Waals surface area contributed by atoms with Crippen LogP contribution in [0.1, 0.15) is 25.0 Å². The zero-order chi connectivity index (χ0) is 13.8. The molecule has 0 saturated carbocycles. The highest BCUT2D eigenvalue weighted by Gasteiger charge is 2.07. The minimum absolute atomic E-state index is 0.427. The standard InChI is InChI=1S/C15H14BrClO2/c1-2-14(18)10-3-6-12(7-4-10)19-15-9-11(16)5-8-13(15)17/h3-9,14,18H,2H2,1H3/t14-/m1/s1. The van der Waals surface area contributed by atoms with Gasteiger partial charge in [-0.05, 0) is 42.3 Å². The minimum atomic E-state index is -0.427. The Morgan fingerprint density at radius 2 is 1.89 bits per heavy atom. The molecule has 100 valence electrons. The molecule has 0 heterocycles. The molecule has 0 unspecified atom stereocenters. The second kappa shape index (κ2) is 6.42. The van der Waals surface area contributed by atoms with Gasteiger partial charge in [0.2, 0.25) is 0 Å². The molecule has 0 bridgehead atoms. The van der Waals surface area contributed by atoms with Crippen LogP contribution in [-0.4, -0.2) is 5.11 Å². The third-order valence-electron chi connectivity index (χ3n) is 2.77. The highest BCUT2D eigenvalue weighted by Crippen LogP contribution is 2.32. The maximum atomic E-state index is 9.72. The molecule has 0 radical (unpaired) electrons. The lowest BCUT2D eigenvalue weighted by atomic mass is 10.1. The van der Waals surface area contributed by atoms with Crippen LogP contribution in [0.3, 0.4) is 0 Å². The summed E-state index contributed by atoms with van der Waals surface area (Å²) in [6.45, 7) is 1.94. The van der Waals surface area contributed by atoms with Crippen LogP contribution >= 0.6 is 27.5 Å².